The van der Waals surface area contributed by atoms with Crippen LogP contribution in [0.2, 0.25) is 0 Å². The van der Waals surface area contributed by atoms with Crippen molar-refractivity contribution < 1.29 is 12.8 Å². The van der Waals surface area contributed by atoms with Crippen LogP contribution in [0.15, 0.2) is 34.2 Å². The van der Waals surface area contributed by atoms with E-state index in [0.717, 1.165) is 12.1 Å². The molecular weight excluding hydrogens is 311 g/mol. The molecule has 0 aliphatic carbocycles. The number of hydrogen-bond acceptors (Lipinski definition) is 3. The number of nitrogens with two attached hydrogens (primary N) is 1. The van der Waals surface area contributed by atoms with Gasteiger partial charge in [0.2, 0.25) is 10.0 Å². The van der Waals surface area contributed by atoms with Crippen molar-refractivity contribution in [2.24, 2.45) is 0 Å². The van der Waals surface area contributed by atoms with E-state index in [2.05, 4.69) is 27.2 Å². The summed E-state index contributed by atoms with van der Waals surface area (Å²) < 4.78 is 39.2. The maximum atomic E-state index is 13.1. The summed E-state index contributed by atoms with van der Waals surface area (Å²) in [6, 6.07) is 2.10. The molecule has 7 heteroatoms. The molecular formula is C10H12BrFN2O2S. The Bertz CT molecular complexity index is 531. The van der Waals surface area contributed by atoms with Crippen molar-refractivity contribution in [2.75, 3.05) is 12.3 Å². The molecule has 1 aromatic carbocycles. The third-order valence-electron chi connectivity index (χ3n) is 1.98. The Balaban J connectivity index is 3.06. The van der Waals surface area contributed by atoms with E-state index in [1.54, 1.807) is 6.08 Å². The molecule has 0 spiro atoms. The molecule has 0 amide bonds. The third kappa shape index (κ3) is 3.52. The summed E-state index contributed by atoms with van der Waals surface area (Å²) in [7, 11) is -3.69. The minimum atomic E-state index is -3.69. The summed E-state index contributed by atoms with van der Waals surface area (Å²) in [6.45, 7) is 3.71. The molecule has 1 rings (SSSR count). The predicted octanol–water partition coefficient (Wildman–Crippen LogP) is 2.02. The van der Waals surface area contributed by atoms with Crippen LogP contribution >= 0.6 is 15.9 Å². The Kier molecular flexibility index (Phi) is 4.67. The number of sulfonamides is 1. The standard InChI is InChI=1S/C10H12BrFN2O2S/c1-2-3-4-14-17(15,16)10-6-9(13)8(12)5-7(10)11/h2,5-6,14H,1,3-4,13H2. The molecule has 1 aromatic rings. The zero-order valence-electron chi connectivity index (χ0n) is 8.91. The number of nitrogens with one attached hydrogen (secondary N) is 1. The van der Waals surface area contributed by atoms with Crippen molar-refractivity contribution in [3.05, 3.63) is 35.1 Å². The van der Waals surface area contributed by atoms with Gasteiger partial charge in [0, 0.05) is 11.0 Å². The summed E-state index contributed by atoms with van der Waals surface area (Å²) in [6.07, 6.45) is 2.10. The van der Waals surface area contributed by atoms with Crippen LogP contribution in [0, 0.1) is 5.82 Å². The van der Waals surface area contributed by atoms with Gasteiger partial charge < -0.3 is 5.73 Å². The lowest BCUT2D eigenvalue weighted by Crippen LogP contribution is -2.25. The summed E-state index contributed by atoms with van der Waals surface area (Å²) in [5.41, 5.74) is 5.13. The van der Waals surface area contributed by atoms with Gasteiger partial charge in [-0.25, -0.2) is 17.5 Å². The minimum absolute atomic E-state index is 0.0829. The lowest BCUT2D eigenvalue weighted by Gasteiger charge is -2.09. The van der Waals surface area contributed by atoms with E-state index in [9.17, 15) is 12.8 Å². The van der Waals surface area contributed by atoms with Gasteiger partial charge in [-0.2, -0.15) is 0 Å². The molecule has 0 atom stereocenters. The van der Waals surface area contributed by atoms with Gasteiger partial charge in [-0.3, -0.25) is 0 Å². The number of anilines is 1. The van der Waals surface area contributed by atoms with Crippen LogP contribution in [0.1, 0.15) is 6.42 Å². The van der Waals surface area contributed by atoms with Crippen LogP contribution in [0.5, 0.6) is 0 Å². The molecule has 0 heterocycles. The highest BCUT2D eigenvalue weighted by Crippen LogP contribution is 2.26. The molecule has 94 valence electrons. The average Bonchev–Trinajstić information content (AvgIpc) is 2.23. The van der Waals surface area contributed by atoms with Gasteiger partial charge >= 0.3 is 0 Å². The topological polar surface area (TPSA) is 72.2 Å². The second kappa shape index (κ2) is 5.61. The lowest BCUT2D eigenvalue weighted by molar-refractivity contribution is 0.580. The van der Waals surface area contributed by atoms with Crippen LogP contribution in [0.25, 0.3) is 0 Å². The molecule has 3 N–H and O–H groups in total. The summed E-state index contributed by atoms with van der Waals surface area (Å²) in [4.78, 5) is -0.0829. The molecule has 4 nitrogen and oxygen atoms in total. The summed E-state index contributed by atoms with van der Waals surface area (Å²) in [5.74, 6) is -0.665. The first-order chi connectivity index (χ1) is 7.88. The maximum Gasteiger partial charge on any atom is 0.241 e. The van der Waals surface area contributed by atoms with Crippen LogP contribution in [0.3, 0.4) is 0 Å². The highest BCUT2D eigenvalue weighted by Gasteiger charge is 2.18. The van der Waals surface area contributed by atoms with Crippen molar-refractivity contribution in [1.29, 1.82) is 0 Å². The lowest BCUT2D eigenvalue weighted by atomic mass is 10.3. The molecule has 0 bridgehead atoms. The van der Waals surface area contributed by atoms with Crippen LogP contribution in [-0.4, -0.2) is 15.0 Å². The van der Waals surface area contributed by atoms with E-state index in [1.165, 1.54) is 0 Å². The molecule has 0 unspecified atom stereocenters. The smallest absolute Gasteiger partial charge is 0.241 e. The Hall–Kier alpha value is -0.920. The van der Waals surface area contributed by atoms with E-state index in [1.807, 2.05) is 0 Å². The van der Waals surface area contributed by atoms with Gasteiger partial charge in [-0.15, -0.1) is 6.58 Å². The van der Waals surface area contributed by atoms with Gasteiger partial charge in [0.1, 0.15) is 5.82 Å². The van der Waals surface area contributed by atoms with Crippen LogP contribution in [-0.2, 0) is 10.0 Å². The molecule has 0 aliphatic heterocycles. The molecule has 0 saturated carbocycles. The molecule has 0 aliphatic rings. The Morgan fingerprint density at radius 1 is 1.53 bits per heavy atom. The number of hydrogen-bond donors (Lipinski definition) is 2. The number of rotatable bonds is 5. The van der Waals surface area contributed by atoms with Crippen molar-refractivity contribution >= 4 is 31.6 Å². The van der Waals surface area contributed by atoms with Crippen LogP contribution < -0.4 is 10.5 Å². The largest absolute Gasteiger partial charge is 0.396 e. The first kappa shape index (κ1) is 14.1. The van der Waals surface area contributed by atoms with Gasteiger partial charge in [0.05, 0.1) is 10.6 Å². The first-order valence-corrected chi connectivity index (χ1v) is 7.01. The quantitative estimate of drug-likeness (QED) is 0.495. The van der Waals surface area contributed by atoms with Crippen molar-refractivity contribution in [3.8, 4) is 0 Å². The van der Waals surface area contributed by atoms with Crippen LogP contribution in [0.4, 0.5) is 10.1 Å². The third-order valence-corrected chi connectivity index (χ3v) is 4.40. The first-order valence-electron chi connectivity index (χ1n) is 4.73. The Labute approximate surface area is 108 Å². The fraction of sp³-hybridized carbons (Fsp3) is 0.200. The summed E-state index contributed by atoms with van der Waals surface area (Å²) >= 11 is 2.99. The van der Waals surface area contributed by atoms with Gasteiger partial charge in [-0.05, 0) is 34.5 Å². The number of benzene rings is 1. The SMILES string of the molecule is C=CCCNS(=O)(=O)c1cc(N)c(F)cc1Br. The molecule has 0 radical (unpaired) electrons. The number of nitrogen functional groups attached to an aromatic ring is 1. The number of halogens is 2. The Morgan fingerprint density at radius 2 is 2.18 bits per heavy atom. The average molecular weight is 323 g/mol. The fourth-order valence-corrected chi connectivity index (χ4v) is 3.22. The Morgan fingerprint density at radius 3 is 2.76 bits per heavy atom. The highest BCUT2D eigenvalue weighted by atomic mass is 79.9. The van der Waals surface area contributed by atoms with E-state index >= 15 is 0 Å². The highest BCUT2D eigenvalue weighted by molar-refractivity contribution is 9.10. The predicted molar refractivity (Wildman–Crippen MR) is 68.5 cm³/mol. The van der Waals surface area contributed by atoms with E-state index < -0.39 is 15.8 Å². The van der Waals surface area contributed by atoms with Gasteiger partial charge in [-0.1, -0.05) is 6.08 Å². The minimum Gasteiger partial charge on any atom is -0.396 e. The second-order valence-corrected chi connectivity index (χ2v) is 5.87. The second-order valence-electron chi connectivity index (χ2n) is 3.28. The molecule has 0 fully saturated rings. The van der Waals surface area contributed by atoms with E-state index in [4.69, 9.17) is 5.73 Å². The van der Waals surface area contributed by atoms with Crippen molar-refractivity contribution in [2.45, 2.75) is 11.3 Å². The van der Waals surface area contributed by atoms with Crippen molar-refractivity contribution in [1.82, 2.24) is 4.72 Å². The normalized spacial score (nSPS) is 11.4. The molecule has 0 aromatic heterocycles. The van der Waals surface area contributed by atoms with Gasteiger partial charge in [0.25, 0.3) is 0 Å². The van der Waals surface area contributed by atoms with Gasteiger partial charge in [0.15, 0.2) is 0 Å². The fourth-order valence-electron chi connectivity index (χ4n) is 1.12. The zero-order chi connectivity index (χ0) is 13.1. The summed E-state index contributed by atoms with van der Waals surface area (Å²) in [5, 5.41) is 0. The van der Waals surface area contributed by atoms with E-state index in [-0.39, 0.29) is 21.6 Å². The molecule has 17 heavy (non-hydrogen) atoms. The van der Waals surface area contributed by atoms with E-state index in [0.29, 0.717) is 6.42 Å². The maximum absolute atomic E-state index is 13.1. The zero-order valence-corrected chi connectivity index (χ0v) is 11.3. The monoisotopic (exact) mass is 322 g/mol. The molecule has 0 saturated heterocycles. The van der Waals surface area contributed by atoms with Crippen molar-refractivity contribution in [3.63, 3.8) is 0 Å².